The quantitative estimate of drug-likeness (QED) is 0.422. The van der Waals surface area contributed by atoms with Gasteiger partial charge in [0.15, 0.2) is 19.4 Å². The molecule has 0 aromatic heterocycles. The predicted molar refractivity (Wildman–Crippen MR) is 80.3 cm³/mol. The Kier molecular flexibility index (Phi) is 7.21. The lowest BCUT2D eigenvalue weighted by atomic mass is 10.1. The predicted octanol–water partition coefficient (Wildman–Crippen LogP) is 1.62. The van der Waals surface area contributed by atoms with Crippen molar-refractivity contribution >= 4 is 5.78 Å². The van der Waals surface area contributed by atoms with Gasteiger partial charge in [0.2, 0.25) is 0 Å². The molecule has 0 fully saturated rings. The SMILES string of the molecule is COCOc1cc(O)c(C(=O)/C=C/N(C)C)c(OCOC)c1. The molecule has 0 aliphatic carbocycles. The van der Waals surface area contributed by atoms with E-state index in [4.69, 9.17) is 18.9 Å². The van der Waals surface area contributed by atoms with Crippen LogP contribution in [0.15, 0.2) is 24.4 Å². The molecule has 0 amide bonds. The first-order valence-electron chi connectivity index (χ1n) is 6.49. The summed E-state index contributed by atoms with van der Waals surface area (Å²) in [5, 5.41) is 10.1. The van der Waals surface area contributed by atoms with Gasteiger partial charge in [-0.25, -0.2) is 0 Å². The molecule has 0 radical (unpaired) electrons. The Balaban J connectivity index is 3.14. The fourth-order valence-electron chi connectivity index (χ4n) is 1.57. The molecule has 0 aliphatic rings. The molecule has 1 rings (SSSR count). The molecule has 0 spiro atoms. The second kappa shape index (κ2) is 8.91. The lowest BCUT2D eigenvalue weighted by Gasteiger charge is -2.13. The molecule has 1 aromatic rings. The standard InChI is InChI=1S/C15H21NO6/c1-16(2)6-5-12(17)15-13(18)7-11(21-9-19-3)8-14(15)22-10-20-4/h5-8,18H,9-10H2,1-4H3/b6-5+. The van der Waals surface area contributed by atoms with Crippen LogP contribution in [0.25, 0.3) is 0 Å². The van der Waals surface area contributed by atoms with Crippen molar-refractivity contribution in [2.45, 2.75) is 0 Å². The molecular weight excluding hydrogens is 290 g/mol. The topological polar surface area (TPSA) is 77.5 Å². The highest BCUT2D eigenvalue weighted by Gasteiger charge is 2.18. The molecule has 0 atom stereocenters. The molecule has 0 bridgehead atoms. The third kappa shape index (κ3) is 5.27. The third-order valence-corrected chi connectivity index (χ3v) is 2.50. The van der Waals surface area contributed by atoms with Gasteiger partial charge in [0, 0.05) is 52.7 Å². The number of phenols is 1. The van der Waals surface area contributed by atoms with Gasteiger partial charge in [-0.1, -0.05) is 0 Å². The summed E-state index contributed by atoms with van der Waals surface area (Å²) in [5.74, 6) is -0.149. The van der Waals surface area contributed by atoms with Crippen LogP contribution in [0.2, 0.25) is 0 Å². The summed E-state index contributed by atoms with van der Waals surface area (Å²) < 4.78 is 20.2. The number of aromatic hydroxyl groups is 1. The Morgan fingerprint density at radius 1 is 1.18 bits per heavy atom. The van der Waals surface area contributed by atoms with Crippen LogP contribution in [0, 0.1) is 0 Å². The molecule has 22 heavy (non-hydrogen) atoms. The van der Waals surface area contributed by atoms with Crippen LogP contribution in [0.4, 0.5) is 0 Å². The molecule has 0 saturated carbocycles. The van der Waals surface area contributed by atoms with E-state index in [1.54, 1.807) is 25.2 Å². The Bertz CT molecular complexity index is 527. The molecule has 0 saturated heterocycles. The fraction of sp³-hybridized carbons (Fsp3) is 0.400. The van der Waals surface area contributed by atoms with Crippen molar-refractivity contribution in [1.29, 1.82) is 0 Å². The van der Waals surface area contributed by atoms with Crippen LogP contribution in [0.5, 0.6) is 17.2 Å². The number of methoxy groups -OCH3 is 2. The van der Waals surface area contributed by atoms with Gasteiger partial charge < -0.3 is 29.0 Å². The number of ketones is 1. The van der Waals surface area contributed by atoms with Gasteiger partial charge in [-0.05, 0) is 0 Å². The maximum Gasteiger partial charge on any atom is 0.194 e. The number of rotatable bonds is 9. The van der Waals surface area contributed by atoms with E-state index in [9.17, 15) is 9.90 Å². The van der Waals surface area contributed by atoms with Crippen LogP contribution in [-0.2, 0) is 9.47 Å². The number of hydrogen-bond acceptors (Lipinski definition) is 7. The lowest BCUT2D eigenvalue weighted by molar-refractivity contribution is 0.0453. The highest BCUT2D eigenvalue weighted by molar-refractivity contribution is 6.08. The van der Waals surface area contributed by atoms with Gasteiger partial charge in [0.25, 0.3) is 0 Å². The van der Waals surface area contributed by atoms with Crippen LogP contribution >= 0.6 is 0 Å². The molecule has 0 unspecified atom stereocenters. The lowest BCUT2D eigenvalue weighted by Crippen LogP contribution is -2.08. The van der Waals surface area contributed by atoms with E-state index >= 15 is 0 Å². The van der Waals surface area contributed by atoms with Crippen molar-refractivity contribution in [3.05, 3.63) is 30.0 Å². The summed E-state index contributed by atoms with van der Waals surface area (Å²) in [6.45, 7) is -0.0537. The zero-order valence-electron chi connectivity index (χ0n) is 13.2. The second-order valence-corrected chi connectivity index (χ2v) is 4.56. The normalized spacial score (nSPS) is 10.7. The van der Waals surface area contributed by atoms with E-state index in [1.807, 2.05) is 0 Å². The maximum atomic E-state index is 12.2. The van der Waals surface area contributed by atoms with Gasteiger partial charge in [0.1, 0.15) is 22.8 Å². The number of carbonyl (C=O) groups is 1. The highest BCUT2D eigenvalue weighted by atomic mass is 16.7. The van der Waals surface area contributed by atoms with E-state index < -0.39 is 5.78 Å². The number of allylic oxidation sites excluding steroid dienone is 1. The minimum absolute atomic E-state index is 0.0109. The molecule has 1 aromatic carbocycles. The zero-order chi connectivity index (χ0) is 16.5. The number of nitrogens with zero attached hydrogens (tertiary/aromatic N) is 1. The summed E-state index contributed by atoms with van der Waals surface area (Å²) >= 11 is 0. The van der Waals surface area contributed by atoms with E-state index in [0.717, 1.165) is 0 Å². The summed E-state index contributed by atoms with van der Waals surface area (Å²) in [4.78, 5) is 13.9. The number of carbonyl (C=O) groups excluding carboxylic acids is 1. The Morgan fingerprint density at radius 3 is 2.41 bits per heavy atom. The average Bonchev–Trinajstić information content (AvgIpc) is 2.48. The van der Waals surface area contributed by atoms with E-state index in [2.05, 4.69) is 0 Å². The van der Waals surface area contributed by atoms with Crippen LogP contribution < -0.4 is 9.47 Å². The highest BCUT2D eigenvalue weighted by Crippen LogP contribution is 2.34. The molecule has 7 heteroatoms. The van der Waals surface area contributed by atoms with Gasteiger partial charge in [0.05, 0.1) is 0 Å². The average molecular weight is 311 g/mol. The number of ether oxygens (including phenoxy) is 4. The third-order valence-electron chi connectivity index (χ3n) is 2.50. The Hall–Kier alpha value is -2.25. The van der Waals surface area contributed by atoms with Gasteiger partial charge in [-0.2, -0.15) is 0 Å². The van der Waals surface area contributed by atoms with Gasteiger partial charge >= 0.3 is 0 Å². The van der Waals surface area contributed by atoms with Crippen LogP contribution in [0.1, 0.15) is 10.4 Å². The zero-order valence-corrected chi connectivity index (χ0v) is 13.2. The van der Waals surface area contributed by atoms with Gasteiger partial charge in [-0.3, -0.25) is 4.79 Å². The van der Waals surface area contributed by atoms with E-state index in [0.29, 0.717) is 5.75 Å². The summed E-state index contributed by atoms with van der Waals surface area (Å²) in [7, 11) is 6.51. The Labute approximate surface area is 129 Å². The van der Waals surface area contributed by atoms with Gasteiger partial charge in [-0.15, -0.1) is 0 Å². The van der Waals surface area contributed by atoms with Crippen molar-refractivity contribution in [2.24, 2.45) is 0 Å². The molecule has 1 N–H and O–H groups in total. The minimum Gasteiger partial charge on any atom is -0.507 e. The largest absolute Gasteiger partial charge is 0.507 e. The van der Waals surface area contributed by atoms with E-state index in [1.165, 1.54) is 32.4 Å². The number of phenolic OH excluding ortho intramolecular Hbond substituents is 1. The smallest absolute Gasteiger partial charge is 0.194 e. The molecule has 122 valence electrons. The first-order chi connectivity index (χ1) is 10.5. The summed E-state index contributed by atoms with van der Waals surface area (Å²) in [6.07, 6.45) is 2.92. The first-order valence-corrected chi connectivity index (χ1v) is 6.49. The van der Waals surface area contributed by atoms with Crippen LogP contribution in [0.3, 0.4) is 0 Å². The first kappa shape index (κ1) is 17.8. The van der Waals surface area contributed by atoms with Crippen molar-refractivity contribution in [2.75, 3.05) is 41.9 Å². The molecule has 7 nitrogen and oxygen atoms in total. The summed E-state index contributed by atoms with van der Waals surface area (Å²) in [5.41, 5.74) is 0.0416. The second-order valence-electron chi connectivity index (χ2n) is 4.56. The van der Waals surface area contributed by atoms with Crippen LogP contribution in [-0.4, -0.2) is 57.7 Å². The van der Waals surface area contributed by atoms with E-state index in [-0.39, 0.29) is 30.6 Å². The Morgan fingerprint density at radius 2 is 1.82 bits per heavy atom. The monoisotopic (exact) mass is 311 g/mol. The minimum atomic E-state index is -0.393. The van der Waals surface area contributed by atoms with Crippen molar-refractivity contribution < 1.29 is 28.8 Å². The van der Waals surface area contributed by atoms with Crippen molar-refractivity contribution in [3.63, 3.8) is 0 Å². The summed E-state index contributed by atoms with van der Waals surface area (Å²) in [6, 6.07) is 2.82. The molecular formula is C15H21NO6. The maximum absolute atomic E-state index is 12.2. The molecule has 0 aliphatic heterocycles. The number of hydrogen-bond donors (Lipinski definition) is 1. The number of benzene rings is 1. The van der Waals surface area contributed by atoms with Crippen molar-refractivity contribution in [3.8, 4) is 17.2 Å². The fourth-order valence-corrected chi connectivity index (χ4v) is 1.57. The molecule has 0 heterocycles. The van der Waals surface area contributed by atoms with Crippen molar-refractivity contribution in [1.82, 2.24) is 4.90 Å².